The molecule has 0 saturated carbocycles. The largest absolute Gasteiger partial charge is 0.457 e. The molecule has 1 aliphatic rings. The van der Waals surface area contributed by atoms with Gasteiger partial charge in [0.15, 0.2) is 0 Å². The van der Waals surface area contributed by atoms with E-state index in [-0.39, 0.29) is 6.03 Å². The normalized spacial score (nSPS) is 20.6. The Morgan fingerprint density at radius 1 is 1.11 bits per heavy atom. The summed E-state index contributed by atoms with van der Waals surface area (Å²) in [5.74, 6) is 0.656. The molecule has 148 valence electrons. The van der Waals surface area contributed by atoms with Crippen LogP contribution in [0.2, 0.25) is 5.02 Å². The van der Waals surface area contributed by atoms with Crippen LogP contribution in [0.4, 0.5) is 4.79 Å². The molecule has 0 unspecified atom stereocenters. The number of ether oxygens (including phenoxy) is 1. The Bertz CT molecular complexity index is 883. The number of nitrogens with zero attached hydrogens (tertiary/aromatic N) is 1. The highest BCUT2D eigenvalue weighted by atomic mass is 35.5. The highest BCUT2D eigenvalue weighted by Crippen LogP contribution is 2.36. The van der Waals surface area contributed by atoms with Gasteiger partial charge in [0, 0.05) is 11.6 Å². The summed E-state index contributed by atoms with van der Waals surface area (Å²) in [6.07, 6.45) is 0. The van der Waals surface area contributed by atoms with E-state index >= 15 is 0 Å². The first-order valence-electron chi connectivity index (χ1n) is 8.74. The molecule has 1 saturated heterocycles. The minimum atomic E-state index is -1.27. The number of rotatable bonds is 5. The second-order valence-electron chi connectivity index (χ2n) is 7.34. The molecule has 3 N–H and O–H groups in total. The molecular weight excluding hydrogens is 382 g/mol. The summed E-state index contributed by atoms with van der Waals surface area (Å²) in [5.41, 5.74) is 0.379. The van der Waals surface area contributed by atoms with Crippen molar-refractivity contribution in [1.29, 1.82) is 0 Å². The molecule has 3 rings (SSSR count). The molecule has 8 heteroatoms. The van der Waals surface area contributed by atoms with Gasteiger partial charge in [-0.15, -0.1) is 0 Å². The van der Waals surface area contributed by atoms with Crippen molar-refractivity contribution in [2.75, 3.05) is 0 Å². The number of carbonyl (C=O) groups is 2. The number of halogens is 1. The third-order valence-electron chi connectivity index (χ3n) is 5.37. The van der Waals surface area contributed by atoms with E-state index in [1.54, 1.807) is 55.4 Å². The maximum absolute atomic E-state index is 12.5. The van der Waals surface area contributed by atoms with Crippen LogP contribution in [0.15, 0.2) is 48.5 Å². The summed E-state index contributed by atoms with van der Waals surface area (Å²) in [7, 11) is 0. The lowest BCUT2D eigenvalue weighted by Crippen LogP contribution is -2.63. The maximum Gasteiger partial charge on any atom is 0.319 e. The van der Waals surface area contributed by atoms with Gasteiger partial charge < -0.3 is 15.0 Å². The van der Waals surface area contributed by atoms with Crippen molar-refractivity contribution in [2.45, 2.75) is 38.4 Å². The molecule has 7 nitrogen and oxygen atoms in total. The standard InChI is InChI=1S/C20H22ClN3O4/c1-19(2)20(3,17(25)23-27)22-18(26)24(19)12-13-4-8-15(9-5-13)28-16-10-6-14(21)7-11-16/h4-11,27H,12H2,1-3H3,(H,22,26)(H,23,25)/t20-/m0/s1. The van der Waals surface area contributed by atoms with Gasteiger partial charge in [-0.1, -0.05) is 23.7 Å². The fourth-order valence-electron chi connectivity index (χ4n) is 3.16. The smallest absolute Gasteiger partial charge is 0.319 e. The summed E-state index contributed by atoms with van der Waals surface area (Å²) < 4.78 is 5.77. The molecule has 1 fully saturated rings. The zero-order chi connectivity index (χ0) is 20.5. The van der Waals surface area contributed by atoms with Gasteiger partial charge in [0.25, 0.3) is 5.91 Å². The van der Waals surface area contributed by atoms with Crippen molar-refractivity contribution in [1.82, 2.24) is 15.7 Å². The van der Waals surface area contributed by atoms with E-state index in [2.05, 4.69) is 5.32 Å². The van der Waals surface area contributed by atoms with Crippen LogP contribution in [0.25, 0.3) is 0 Å². The van der Waals surface area contributed by atoms with Gasteiger partial charge in [-0.25, -0.2) is 10.3 Å². The predicted octanol–water partition coefficient (Wildman–Crippen LogP) is 3.70. The van der Waals surface area contributed by atoms with Crippen LogP contribution in [0.5, 0.6) is 11.5 Å². The van der Waals surface area contributed by atoms with Crippen molar-refractivity contribution in [2.24, 2.45) is 0 Å². The van der Waals surface area contributed by atoms with Crippen LogP contribution >= 0.6 is 11.6 Å². The van der Waals surface area contributed by atoms with Crippen LogP contribution in [0.3, 0.4) is 0 Å². The number of urea groups is 1. The average Bonchev–Trinajstić information content (AvgIpc) is 2.84. The molecule has 0 bridgehead atoms. The molecule has 3 amide bonds. The second kappa shape index (κ2) is 7.33. The minimum absolute atomic E-state index is 0.300. The Morgan fingerprint density at radius 2 is 1.64 bits per heavy atom. The third-order valence-corrected chi connectivity index (χ3v) is 5.62. The number of carbonyl (C=O) groups excluding carboxylic acids is 2. The maximum atomic E-state index is 12.5. The number of nitrogens with one attached hydrogen (secondary N) is 2. The van der Waals surface area contributed by atoms with Crippen LogP contribution in [-0.4, -0.2) is 33.1 Å². The average molecular weight is 404 g/mol. The second-order valence-corrected chi connectivity index (χ2v) is 7.78. The summed E-state index contributed by atoms with van der Waals surface area (Å²) >= 11 is 5.87. The van der Waals surface area contributed by atoms with Crippen molar-refractivity contribution >= 4 is 23.5 Å². The number of hydrogen-bond donors (Lipinski definition) is 3. The minimum Gasteiger partial charge on any atom is -0.457 e. The van der Waals surface area contributed by atoms with Gasteiger partial charge in [-0.2, -0.15) is 0 Å². The molecule has 0 aromatic heterocycles. The molecular formula is C20H22ClN3O4. The molecule has 0 aliphatic carbocycles. The lowest BCUT2D eigenvalue weighted by molar-refractivity contribution is -0.138. The Hall–Kier alpha value is -2.77. The molecule has 1 aliphatic heterocycles. The number of hydroxylamine groups is 1. The lowest BCUT2D eigenvalue weighted by Gasteiger charge is -2.39. The van der Waals surface area contributed by atoms with Crippen LogP contribution in [0, 0.1) is 0 Å². The molecule has 28 heavy (non-hydrogen) atoms. The summed E-state index contributed by atoms with van der Waals surface area (Å²) in [6, 6.07) is 14.0. The van der Waals surface area contributed by atoms with E-state index < -0.39 is 17.0 Å². The first-order valence-corrected chi connectivity index (χ1v) is 9.12. The van der Waals surface area contributed by atoms with Gasteiger partial charge in [0.05, 0.1) is 5.54 Å². The monoisotopic (exact) mass is 403 g/mol. The molecule has 0 radical (unpaired) electrons. The van der Waals surface area contributed by atoms with Crippen LogP contribution < -0.4 is 15.5 Å². The van der Waals surface area contributed by atoms with Gasteiger partial charge in [-0.3, -0.25) is 10.0 Å². The summed E-state index contributed by atoms with van der Waals surface area (Å²) in [4.78, 5) is 26.2. The Kier molecular flexibility index (Phi) is 5.23. The fourth-order valence-corrected chi connectivity index (χ4v) is 3.28. The highest BCUT2D eigenvalue weighted by Gasteiger charge is 2.58. The van der Waals surface area contributed by atoms with Gasteiger partial charge in [0.2, 0.25) is 0 Å². The number of hydrogen-bond acceptors (Lipinski definition) is 4. The highest BCUT2D eigenvalue weighted by molar-refractivity contribution is 6.30. The molecule has 2 aromatic rings. The SMILES string of the molecule is CC1(C)N(Cc2ccc(Oc3ccc(Cl)cc3)cc2)C(=O)N[C@@]1(C)C(=O)NO. The quantitative estimate of drug-likeness (QED) is 0.524. The van der Waals surface area contributed by atoms with E-state index in [1.165, 1.54) is 0 Å². The van der Waals surface area contributed by atoms with Crippen molar-refractivity contribution in [3.05, 3.63) is 59.1 Å². The van der Waals surface area contributed by atoms with Crippen molar-refractivity contribution in [3.8, 4) is 11.5 Å². The van der Waals surface area contributed by atoms with Gasteiger partial charge in [-0.05, 0) is 62.7 Å². The third kappa shape index (κ3) is 3.50. The number of amides is 3. The summed E-state index contributed by atoms with van der Waals surface area (Å²) in [5, 5.41) is 12.3. The molecule has 1 heterocycles. The van der Waals surface area contributed by atoms with Crippen LogP contribution in [0.1, 0.15) is 26.3 Å². The molecule has 0 spiro atoms. The van der Waals surface area contributed by atoms with E-state index in [1.807, 2.05) is 24.3 Å². The van der Waals surface area contributed by atoms with Gasteiger partial charge >= 0.3 is 6.03 Å². The first-order chi connectivity index (χ1) is 13.2. The zero-order valence-corrected chi connectivity index (χ0v) is 16.6. The molecule has 2 aromatic carbocycles. The molecule has 1 atom stereocenters. The summed E-state index contributed by atoms with van der Waals surface area (Å²) in [6.45, 7) is 5.43. The van der Waals surface area contributed by atoms with E-state index in [9.17, 15) is 9.59 Å². The number of benzene rings is 2. The fraction of sp³-hybridized carbons (Fsp3) is 0.300. The lowest BCUT2D eigenvalue weighted by atomic mass is 9.81. The van der Waals surface area contributed by atoms with Crippen molar-refractivity contribution in [3.63, 3.8) is 0 Å². The Balaban J connectivity index is 1.74. The topological polar surface area (TPSA) is 90.9 Å². The van der Waals surface area contributed by atoms with Crippen molar-refractivity contribution < 1.29 is 19.5 Å². The predicted molar refractivity (Wildman–Crippen MR) is 104 cm³/mol. The van der Waals surface area contributed by atoms with E-state index in [4.69, 9.17) is 21.5 Å². The Labute approximate surface area is 168 Å². The van der Waals surface area contributed by atoms with Gasteiger partial charge in [0.1, 0.15) is 17.0 Å². The van der Waals surface area contributed by atoms with E-state index in [0.29, 0.717) is 23.1 Å². The Morgan fingerprint density at radius 3 is 2.18 bits per heavy atom. The van der Waals surface area contributed by atoms with Crippen LogP contribution in [-0.2, 0) is 11.3 Å². The van der Waals surface area contributed by atoms with E-state index in [0.717, 1.165) is 5.56 Å². The first kappa shape index (κ1) is 20.0. The zero-order valence-electron chi connectivity index (χ0n) is 15.8.